The molecular weight excluding hydrogens is 440 g/mol. The highest BCUT2D eigenvalue weighted by molar-refractivity contribution is 6.40. The van der Waals surface area contributed by atoms with Crippen LogP contribution in [-0.2, 0) is 11.3 Å². The molecule has 1 amide bonds. The lowest BCUT2D eigenvalue weighted by molar-refractivity contribution is -0.141. The molecule has 0 saturated carbocycles. The standard InChI is InChI=1S/C20H17B2F4N5O2/c21-19(22)9-30(4-5-33-11-19)18(32)15-7-16-14(8-27-15)17(29-31(16)10-20(24,25)26)28-13-3-1-2-12(23)6-13/h1-3,6-8H,4-5,9-11H2,(H,28,29). The maximum atomic E-state index is 13.5. The number of benzene rings is 1. The molecule has 168 valence electrons. The lowest BCUT2D eigenvalue weighted by atomic mass is 9.55. The zero-order chi connectivity index (χ0) is 23.8. The average molecular weight is 457 g/mol. The van der Waals surface area contributed by atoms with E-state index in [0.29, 0.717) is 5.69 Å². The highest BCUT2D eigenvalue weighted by Crippen LogP contribution is 2.29. The van der Waals surface area contributed by atoms with Gasteiger partial charge in [0.1, 0.15) is 18.1 Å². The van der Waals surface area contributed by atoms with Gasteiger partial charge in [0.2, 0.25) is 0 Å². The summed E-state index contributed by atoms with van der Waals surface area (Å²) in [5.41, 5.74) is 0.226. The summed E-state index contributed by atoms with van der Waals surface area (Å²) in [6.07, 6.45) is -3.32. The van der Waals surface area contributed by atoms with Gasteiger partial charge in [-0.3, -0.25) is 14.5 Å². The zero-order valence-electron chi connectivity index (χ0n) is 17.3. The minimum atomic E-state index is -4.57. The Morgan fingerprint density at radius 3 is 2.79 bits per heavy atom. The molecule has 1 fully saturated rings. The summed E-state index contributed by atoms with van der Waals surface area (Å²) < 4.78 is 59.1. The normalized spacial score (nSPS) is 16.5. The highest BCUT2D eigenvalue weighted by atomic mass is 19.4. The van der Waals surface area contributed by atoms with Gasteiger partial charge in [-0.05, 0) is 24.3 Å². The van der Waals surface area contributed by atoms with E-state index in [1.807, 2.05) is 0 Å². The molecule has 0 bridgehead atoms. The molecule has 1 N–H and O–H groups in total. The van der Waals surface area contributed by atoms with Crippen molar-refractivity contribution in [1.29, 1.82) is 0 Å². The van der Waals surface area contributed by atoms with Crippen LogP contribution in [0.15, 0.2) is 36.5 Å². The van der Waals surface area contributed by atoms with E-state index in [-0.39, 0.29) is 48.7 Å². The Morgan fingerprint density at radius 2 is 2.06 bits per heavy atom. The largest absolute Gasteiger partial charge is 0.408 e. The molecule has 1 aliphatic heterocycles. The van der Waals surface area contributed by atoms with Crippen LogP contribution in [0.4, 0.5) is 29.1 Å². The summed E-state index contributed by atoms with van der Waals surface area (Å²) in [6.45, 7) is -0.949. The monoisotopic (exact) mass is 457 g/mol. The van der Waals surface area contributed by atoms with E-state index in [4.69, 9.17) is 20.4 Å². The van der Waals surface area contributed by atoms with Crippen LogP contribution in [0.5, 0.6) is 0 Å². The first-order valence-electron chi connectivity index (χ1n) is 9.91. The first-order chi connectivity index (χ1) is 15.5. The fourth-order valence-corrected chi connectivity index (χ4v) is 3.52. The lowest BCUT2D eigenvalue weighted by Gasteiger charge is -2.29. The van der Waals surface area contributed by atoms with E-state index in [2.05, 4.69) is 15.4 Å². The van der Waals surface area contributed by atoms with Crippen LogP contribution in [0.25, 0.3) is 10.9 Å². The third kappa shape index (κ3) is 5.47. The molecule has 2 aromatic heterocycles. The first kappa shape index (κ1) is 23.1. The Kier molecular flexibility index (Phi) is 6.08. The van der Waals surface area contributed by atoms with Gasteiger partial charge in [-0.15, -0.1) is 0 Å². The number of halogens is 4. The summed E-state index contributed by atoms with van der Waals surface area (Å²) >= 11 is 0. The number of fused-ring (bicyclic) bond motifs is 1. The molecular formula is C20H17B2F4N5O2. The number of hydrogen-bond donors (Lipinski definition) is 1. The molecule has 7 nitrogen and oxygen atoms in total. The van der Waals surface area contributed by atoms with Gasteiger partial charge in [-0.25, -0.2) is 4.39 Å². The van der Waals surface area contributed by atoms with E-state index >= 15 is 0 Å². The highest BCUT2D eigenvalue weighted by Gasteiger charge is 2.32. The number of pyridine rings is 1. The SMILES string of the molecule is [B]C1([B])COCCN(C(=O)c2cc3c(cn2)c(Nc2cccc(F)c2)nn3CC(F)(F)F)C1. The molecule has 4 radical (unpaired) electrons. The molecule has 0 unspecified atom stereocenters. The Morgan fingerprint density at radius 1 is 1.27 bits per heavy atom. The van der Waals surface area contributed by atoms with Gasteiger partial charge in [0.25, 0.3) is 5.91 Å². The molecule has 13 heteroatoms. The maximum absolute atomic E-state index is 13.5. The predicted molar refractivity (Wildman–Crippen MR) is 114 cm³/mol. The molecule has 1 aliphatic rings. The minimum absolute atomic E-state index is 0.0141. The molecule has 0 spiro atoms. The number of rotatable bonds is 4. The summed E-state index contributed by atoms with van der Waals surface area (Å²) in [4.78, 5) is 18.5. The second-order valence-electron chi connectivity index (χ2n) is 7.86. The number of carbonyl (C=O) groups excluding carboxylic acids is 1. The number of alkyl halides is 3. The number of carbonyl (C=O) groups is 1. The van der Waals surface area contributed by atoms with Crippen molar-refractivity contribution < 1.29 is 27.1 Å². The van der Waals surface area contributed by atoms with Gasteiger partial charge in [-0.2, -0.15) is 18.3 Å². The average Bonchev–Trinajstić information content (AvgIpc) is 2.92. The van der Waals surface area contributed by atoms with Crippen molar-refractivity contribution >= 4 is 44.0 Å². The van der Waals surface area contributed by atoms with Gasteiger partial charge in [0.15, 0.2) is 5.82 Å². The van der Waals surface area contributed by atoms with E-state index in [1.165, 1.54) is 41.4 Å². The van der Waals surface area contributed by atoms with Crippen molar-refractivity contribution in [2.45, 2.75) is 17.9 Å². The van der Waals surface area contributed by atoms with Crippen molar-refractivity contribution in [3.05, 3.63) is 48.0 Å². The topological polar surface area (TPSA) is 72.3 Å². The smallest absolute Gasteiger partial charge is 0.380 e. The van der Waals surface area contributed by atoms with Crippen LogP contribution in [-0.4, -0.2) is 73.7 Å². The molecule has 0 aliphatic carbocycles. The van der Waals surface area contributed by atoms with Crippen LogP contribution >= 0.6 is 0 Å². The molecule has 3 aromatic rings. The number of ether oxygens (including phenoxy) is 1. The number of hydrogen-bond acceptors (Lipinski definition) is 5. The van der Waals surface area contributed by atoms with Crippen molar-refractivity contribution in [3.8, 4) is 0 Å². The van der Waals surface area contributed by atoms with Crippen LogP contribution in [0.2, 0.25) is 5.21 Å². The Hall–Kier alpha value is -3.08. The van der Waals surface area contributed by atoms with Crippen molar-refractivity contribution in [2.75, 3.05) is 31.6 Å². The second kappa shape index (κ2) is 8.69. The third-order valence-electron chi connectivity index (χ3n) is 4.92. The van der Waals surface area contributed by atoms with Crippen molar-refractivity contribution in [2.24, 2.45) is 0 Å². The van der Waals surface area contributed by atoms with Gasteiger partial charge in [0.05, 0.1) is 33.2 Å². The Balaban J connectivity index is 1.72. The molecule has 1 saturated heterocycles. The number of nitrogens with one attached hydrogen (secondary N) is 1. The van der Waals surface area contributed by atoms with Crippen LogP contribution in [0.1, 0.15) is 10.5 Å². The quantitative estimate of drug-likeness (QED) is 0.482. The molecule has 1 aromatic carbocycles. The predicted octanol–water partition coefficient (Wildman–Crippen LogP) is 2.80. The number of aromatic nitrogens is 3. The van der Waals surface area contributed by atoms with Crippen LogP contribution in [0, 0.1) is 5.82 Å². The summed E-state index contributed by atoms with van der Waals surface area (Å²) in [5, 5.41) is 5.75. The van der Waals surface area contributed by atoms with Gasteiger partial charge < -0.3 is 15.0 Å². The summed E-state index contributed by atoms with van der Waals surface area (Å²) in [5.74, 6) is -1.04. The van der Waals surface area contributed by atoms with Crippen molar-refractivity contribution in [1.82, 2.24) is 19.7 Å². The third-order valence-corrected chi connectivity index (χ3v) is 4.92. The van der Waals surface area contributed by atoms with Crippen LogP contribution < -0.4 is 5.32 Å². The zero-order valence-corrected chi connectivity index (χ0v) is 17.3. The minimum Gasteiger partial charge on any atom is -0.380 e. The van der Waals surface area contributed by atoms with Gasteiger partial charge >= 0.3 is 6.18 Å². The molecule has 0 atom stereocenters. The number of anilines is 2. The molecule has 3 heterocycles. The summed E-state index contributed by atoms with van der Waals surface area (Å²) in [7, 11) is 11.8. The first-order valence-corrected chi connectivity index (χ1v) is 9.91. The number of nitrogens with zero attached hydrogens (tertiary/aromatic N) is 4. The maximum Gasteiger partial charge on any atom is 0.408 e. The number of amides is 1. The molecule has 33 heavy (non-hydrogen) atoms. The van der Waals surface area contributed by atoms with E-state index in [1.54, 1.807) is 0 Å². The lowest BCUT2D eigenvalue weighted by Crippen LogP contribution is -2.39. The fraction of sp³-hybridized carbons (Fsp3) is 0.350. The fourth-order valence-electron chi connectivity index (χ4n) is 3.52. The van der Waals surface area contributed by atoms with Crippen LogP contribution in [0.3, 0.4) is 0 Å². The van der Waals surface area contributed by atoms with Gasteiger partial charge in [-0.1, -0.05) is 11.3 Å². The van der Waals surface area contributed by atoms with Crippen molar-refractivity contribution in [3.63, 3.8) is 0 Å². The van der Waals surface area contributed by atoms with Gasteiger partial charge in [0, 0.05) is 31.6 Å². The molecule has 4 rings (SSSR count). The Bertz CT molecular complexity index is 1180. The van der Waals surface area contributed by atoms with E-state index in [9.17, 15) is 22.4 Å². The van der Waals surface area contributed by atoms with E-state index < -0.39 is 29.7 Å². The van der Waals surface area contributed by atoms with E-state index in [0.717, 1.165) is 4.68 Å². The summed E-state index contributed by atoms with van der Waals surface area (Å²) in [6, 6.07) is 6.62. The Labute approximate surface area is 188 Å². The second-order valence-corrected chi connectivity index (χ2v) is 7.86.